The molecule has 2 aromatic heterocycles. The summed E-state index contributed by atoms with van der Waals surface area (Å²) in [7, 11) is 1.64. The summed E-state index contributed by atoms with van der Waals surface area (Å²) < 4.78 is 54.9. The number of para-hydroxylation sites is 1. The van der Waals surface area contributed by atoms with Gasteiger partial charge in [-0.05, 0) is 69.5 Å². The van der Waals surface area contributed by atoms with E-state index in [2.05, 4.69) is 18.1 Å². The number of nitro groups is 1. The van der Waals surface area contributed by atoms with Gasteiger partial charge in [-0.15, -0.1) is 11.6 Å². The second kappa shape index (κ2) is 20.3. The highest BCUT2D eigenvalue weighted by Gasteiger charge is 2.45. The fourth-order valence-corrected chi connectivity index (χ4v) is 6.86. The van der Waals surface area contributed by atoms with Gasteiger partial charge in [-0.25, -0.2) is 4.68 Å². The lowest BCUT2D eigenvalue weighted by molar-refractivity contribution is -0.383. The van der Waals surface area contributed by atoms with Gasteiger partial charge in [0.05, 0.1) is 51.7 Å². The van der Waals surface area contributed by atoms with Gasteiger partial charge in [0, 0.05) is 7.11 Å². The zero-order valence-electron chi connectivity index (χ0n) is 31.5. The fraction of sp³-hybridized carbons (Fsp3) is 0.417. The van der Waals surface area contributed by atoms with Crippen LogP contribution in [-0.2, 0) is 31.7 Å². The molecule has 2 aromatic carbocycles. The largest absolute Gasteiger partial charge is 0.467 e. The summed E-state index contributed by atoms with van der Waals surface area (Å²) in [5.74, 6) is -0.175. The van der Waals surface area contributed by atoms with E-state index < -0.39 is 38.7 Å². The molecule has 4 aromatic rings. The average Bonchev–Trinajstić information content (AvgIpc) is 3.88. The molecule has 0 spiro atoms. The zero-order valence-corrected chi connectivity index (χ0v) is 35.2. The number of anilines is 2. The van der Waals surface area contributed by atoms with E-state index in [1.165, 1.54) is 4.90 Å². The number of furan rings is 1. The molecule has 0 bridgehead atoms. The lowest BCUT2D eigenvalue weighted by Crippen LogP contribution is -2.45. The van der Waals surface area contributed by atoms with Crippen molar-refractivity contribution in [2.75, 3.05) is 36.8 Å². The van der Waals surface area contributed by atoms with E-state index in [4.69, 9.17) is 77.6 Å². The van der Waals surface area contributed by atoms with E-state index in [9.17, 15) is 32.9 Å². The van der Waals surface area contributed by atoms with Crippen molar-refractivity contribution in [2.45, 2.75) is 69.9 Å². The van der Waals surface area contributed by atoms with Gasteiger partial charge in [-0.1, -0.05) is 71.5 Å². The number of amides is 2. The first-order chi connectivity index (χ1) is 26.6. The lowest BCUT2D eigenvalue weighted by atomic mass is 10.0. The molecule has 5 rings (SSSR count). The number of nitrogens with zero attached hydrogens (tertiary/aromatic N) is 5. The highest BCUT2D eigenvalue weighted by molar-refractivity contribution is 6.53. The topological polar surface area (TPSA) is 159 Å². The van der Waals surface area contributed by atoms with E-state index in [-0.39, 0.29) is 45.6 Å². The van der Waals surface area contributed by atoms with E-state index >= 15 is 0 Å². The monoisotopic (exact) mass is 900 g/mol. The number of rotatable bonds is 10. The van der Waals surface area contributed by atoms with Crippen molar-refractivity contribution in [1.82, 2.24) is 14.7 Å². The molecule has 21 heteroatoms. The summed E-state index contributed by atoms with van der Waals surface area (Å²) in [6, 6.07) is 10.9. The summed E-state index contributed by atoms with van der Waals surface area (Å²) in [5.41, 5.74) is 6.25. The number of benzene rings is 2. The Morgan fingerprint density at radius 2 is 1.81 bits per heavy atom. The fourth-order valence-electron chi connectivity index (χ4n) is 5.85. The molecule has 1 aliphatic heterocycles. The Morgan fingerprint density at radius 1 is 1.18 bits per heavy atom. The first-order valence-electron chi connectivity index (χ1n) is 16.9. The second-order valence-electron chi connectivity index (χ2n) is 12.8. The Morgan fingerprint density at radius 3 is 2.28 bits per heavy atom. The quantitative estimate of drug-likeness (QED) is 0.0929. The van der Waals surface area contributed by atoms with Crippen molar-refractivity contribution >= 4 is 87.0 Å². The summed E-state index contributed by atoms with van der Waals surface area (Å²) in [4.78, 5) is 36.1. The number of aromatic nitrogens is 2. The molecule has 1 saturated heterocycles. The maximum atomic E-state index is 12.6. The predicted octanol–water partition coefficient (Wildman–Crippen LogP) is 9.57. The van der Waals surface area contributed by atoms with Crippen molar-refractivity contribution in [2.24, 2.45) is 0 Å². The minimum absolute atomic E-state index is 0.0223. The van der Waals surface area contributed by atoms with Crippen LogP contribution in [0.4, 0.5) is 30.4 Å². The number of nitrogens with two attached hydrogens (primary N) is 1. The molecule has 2 atom stereocenters. The van der Waals surface area contributed by atoms with Gasteiger partial charge in [0.25, 0.3) is 5.91 Å². The predicted molar refractivity (Wildman–Crippen MR) is 214 cm³/mol. The van der Waals surface area contributed by atoms with Gasteiger partial charge in [-0.2, -0.15) is 18.3 Å². The summed E-state index contributed by atoms with van der Waals surface area (Å²) >= 11 is 28.5. The van der Waals surface area contributed by atoms with Crippen LogP contribution in [0.5, 0.6) is 0 Å². The van der Waals surface area contributed by atoms with Crippen molar-refractivity contribution in [1.29, 1.82) is 0 Å². The van der Waals surface area contributed by atoms with Crippen molar-refractivity contribution in [3.05, 3.63) is 97.5 Å². The van der Waals surface area contributed by atoms with Crippen molar-refractivity contribution in [3.8, 4) is 5.69 Å². The molecule has 3 heterocycles. The van der Waals surface area contributed by atoms with Gasteiger partial charge in [-0.3, -0.25) is 19.7 Å². The molecule has 13 nitrogen and oxygen atoms in total. The van der Waals surface area contributed by atoms with Crippen LogP contribution in [0.1, 0.15) is 56.2 Å². The maximum Gasteiger partial charge on any atom is 0.416 e. The summed E-state index contributed by atoms with van der Waals surface area (Å²) in [6.07, 6.45) is -1.62. The third kappa shape index (κ3) is 11.7. The normalized spacial score (nSPS) is 15.4. The Labute approximate surface area is 351 Å². The summed E-state index contributed by atoms with van der Waals surface area (Å²) in [6.45, 7) is 10.5. The van der Waals surface area contributed by atoms with Gasteiger partial charge < -0.3 is 29.4 Å². The Balaban J connectivity index is 0.000000230. The lowest BCUT2D eigenvalue weighted by Gasteiger charge is -2.31. The molecule has 2 unspecified atom stereocenters. The van der Waals surface area contributed by atoms with Gasteiger partial charge in [0.1, 0.15) is 35.4 Å². The van der Waals surface area contributed by atoms with Crippen LogP contribution in [0.3, 0.4) is 0 Å². The molecule has 2 amide bonds. The van der Waals surface area contributed by atoms with Crippen LogP contribution in [0.25, 0.3) is 5.69 Å². The number of nitrogen functional groups attached to an aromatic ring is 1. The molecule has 0 aliphatic carbocycles. The molecule has 1 fully saturated rings. The molecule has 0 radical (unpaired) electrons. The van der Waals surface area contributed by atoms with Crippen LogP contribution >= 0.6 is 58.0 Å². The number of ether oxygens (including phenoxy) is 2. The maximum absolute atomic E-state index is 12.6. The van der Waals surface area contributed by atoms with Crippen LogP contribution < -0.4 is 10.6 Å². The zero-order chi connectivity index (χ0) is 43.0. The molecule has 57 heavy (non-hydrogen) atoms. The number of hydrogen-bond acceptors (Lipinski definition) is 9. The standard InChI is InChI=1S/C15H22ClNO2.C11H13Cl2NO3.C10H5Cl2F3N4O2/c1-5-13-8-6-7-11(2)15(13)17(14(18)9-16)12(3)10-19-4;1-11(2)14(10(15)9(12)13)6-8(17-11)7-4-3-5-16-7;11-5-1-4(10(13,14)15)2-6(12)8(5)18-9(16)7(3-17-18)19(20)21/h6-8,12H,5,9-10H2,1-4H3;3-5,8-9H,6H2,1-2H3;1-3H,16H2. The van der Waals surface area contributed by atoms with Crippen LogP contribution in [0.2, 0.25) is 10.0 Å². The number of alkyl halides is 6. The first-order valence-corrected chi connectivity index (χ1v) is 19.1. The molecule has 312 valence electrons. The van der Waals surface area contributed by atoms with Crippen molar-refractivity contribution < 1.29 is 41.6 Å². The number of halogens is 8. The van der Waals surface area contributed by atoms with Crippen LogP contribution in [0.15, 0.2) is 59.3 Å². The van der Waals surface area contributed by atoms with Gasteiger partial charge in [0.2, 0.25) is 11.7 Å². The Kier molecular flexibility index (Phi) is 16.9. The number of hydrogen-bond donors (Lipinski definition) is 1. The SMILES string of the molecule is CC1(C)OC(c2ccco2)CN1C(=O)C(Cl)Cl.CCc1cccc(C)c1N(C(=O)CCl)C(C)COC.Nc1c([N+](=O)[O-])cnn1-c1c(Cl)cc(C(F)(F)F)cc1Cl. The van der Waals surface area contributed by atoms with E-state index in [0.29, 0.717) is 31.0 Å². The Hall–Kier alpha value is -3.77. The number of methoxy groups -OCH3 is 1. The van der Waals surface area contributed by atoms with Gasteiger partial charge >= 0.3 is 11.9 Å². The number of carbonyl (C=O) groups is 2. The van der Waals surface area contributed by atoms with Crippen LogP contribution in [-0.4, -0.2) is 74.2 Å². The number of aryl methyl sites for hydroxylation is 2. The highest BCUT2D eigenvalue weighted by atomic mass is 35.5. The molecular weight excluding hydrogens is 863 g/mol. The second-order valence-corrected chi connectivity index (χ2v) is 15.0. The molecule has 2 N–H and O–H groups in total. The molecular formula is C36H40Cl5F3N6O7. The number of carbonyl (C=O) groups excluding carboxylic acids is 2. The minimum atomic E-state index is -4.63. The Bertz CT molecular complexity index is 1990. The summed E-state index contributed by atoms with van der Waals surface area (Å²) in [5, 5.41) is 13.5. The first kappa shape index (κ1) is 47.6. The third-order valence-corrected chi connectivity index (χ3v) is 9.63. The molecule has 1 aliphatic rings. The molecule has 0 saturated carbocycles. The smallest absolute Gasteiger partial charge is 0.416 e. The van der Waals surface area contributed by atoms with E-state index in [1.807, 2.05) is 32.0 Å². The van der Waals surface area contributed by atoms with E-state index in [1.54, 1.807) is 38.2 Å². The highest BCUT2D eigenvalue weighted by Crippen LogP contribution is 2.39. The van der Waals surface area contributed by atoms with E-state index in [0.717, 1.165) is 34.1 Å². The third-order valence-electron chi connectivity index (χ3n) is 8.46. The van der Waals surface area contributed by atoms with Gasteiger partial charge in [0.15, 0.2) is 4.84 Å². The minimum Gasteiger partial charge on any atom is -0.467 e. The van der Waals surface area contributed by atoms with Crippen LogP contribution in [0, 0.1) is 17.0 Å². The average molecular weight is 903 g/mol. The van der Waals surface area contributed by atoms with Crippen molar-refractivity contribution in [3.63, 3.8) is 0 Å².